The van der Waals surface area contributed by atoms with Crippen LogP contribution in [-0.2, 0) is 4.74 Å². The zero-order valence-electron chi connectivity index (χ0n) is 12.2. The molecule has 0 saturated carbocycles. The van der Waals surface area contributed by atoms with E-state index in [-0.39, 0.29) is 23.4 Å². The van der Waals surface area contributed by atoms with Crippen molar-refractivity contribution in [3.8, 4) is 0 Å². The fourth-order valence-electron chi connectivity index (χ4n) is 2.48. The summed E-state index contributed by atoms with van der Waals surface area (Å²) >= 11 is 0. The van der Waals surface area contributed by atoms with Crippen molar-refractivity contribution < 1.29 is 14.5 Å². The first-order valence-corrected chi connectivity index (χ1v) is 6.90. The molecule has 1 aliphatic rings. The van der Waals surface area contributed by atoms with Gasteiger partial charge >= 0.3 is 0 Å². The van der Waals surface area contributed by atoms with Crippen LogP contribution in [0.2, 0.25) is 0 Å². The molecule has 1 N–H and O–H groups in total. The van der Waals surface area contributed by atoms with Gasteiger partial charge in [0.05, 0.1) is 16.6 Å². The zero-order valence-corrected chi connectivity index (χ0v) is 12.2. The maximum Gasteiger partial charge on any atom is 0.293 e. The monoisotopic (exact) mass is 293 g/mol. The normalized spacial score (nSPS) is 19.0. The van der Waals surface area contributed by atoms with E-state index in [0.29, 0.717) is 25.3 Å². The van der Waals surface area contributed by atoms with Gasteiger partial charge in [-0.05, 0) is 19.4 Å². The minimum atomic E-state index is -0.489. The van der Waals surface area contributed by atoms with E-state index in [4.69, 9.17) is 4.74 Å². The summed E-state index contributed by atoms with van der Waals surface area (Å²) in [6, 6.07) is 4.53. The number of hydrogen-bond donors (Lipinski definition) is 1. The molecule has 0 spiro atoms. The molecule has 7 nitrogen and oxygen atoms in total. The number of benzene rings is 1. The van der Waals surface area contributed by atoms with E-state index in [1.807, 2.05) is 6.92 Å². The lowest BCUT2D eigenvalue weighted by Crippen LogP contribution is -2.36. The number of carbonyl (C=O) groups is 1. The number of carbonyl (C=O) groups excluding carboxylic acids is 1. The predicted molar refractivity (Wildman–Crippen MR) is 78.6 cm³/mol. The van der Waals surface area contributed by atoms with Crippen molar-refractivity contribution in [1.82, 2.24) is 4.90 Å². The highest BCUT2D eigenvalue weighted by Gasteiger charge is 2.26. The van der Waals surface area contributed by atoms with E-state index in [0.717, 1.165) is 6.42 Å². The standard InChI is InChI=1S/C14H19N3O4/c1-10-9-16(7-4-8-21-10)14(18)11-5-3-6-12(17(19)20)13(11)15-2/h3,5-6,10,15H,4,7-9H2,1-2H3. The Hall–Kier alpha value is -2.15. The molecule has 7 heteroatoms. The summed E-state index contributed by atoms with van der Waals surface area (Å²) in [5, 5.41) is 13.8. The Kier molecular flexibility index (Phi) is 4.74. The Morgan fingerprint density at radius 1 is 1.52 bits per heavy atom. The summed E-state index contributed by atoms with van der Waals surface area (Å²) in [4.78, 5) is 24.9. The van der Waals surface area contributed by atoms with Crippen molar-refractivity contribution >= 4 is 17.3 Å². The average molecular weight is 293 g/mol. The van der Waals surface area contributed by atoms with Crippen LogP contribution >= 0.6 is 0 Å². The van der Waals surface area contributed by atoms with E-state index in [2.05, 4.69) is 5.32 Å². The molecule has 0 radical (unpaired) electrons. The van der Waals surface area contributed by atoms with Gasteiger partial charge in [0.1, 0.15) is 5.69 Å². The SMILES string of the molecule is CNc1c(C(=O)N2CCCOC(C)C2)cccc1[N+](=O)[O-]. The van der Waals surface area contributed by atoms with Crippen molar-refractivity contribution in [3.05, 3.63) is 33.9 Å². The largest absolute Gasteiger partial charge is 0.382 e. The van der Waals surface area contributed by atoms with Gasteiger partial charge in [0, 0.05) is 32.8 Å². The number of para-hydroxylation sites is 1. The quantitative estimate of drug-likeness (QED) is 0.679. The van der Waals surface area contributed by atoms with Crippen LogP contribution in [0, 0.1) is 10.1 Å². The third kappa shape index (κ3) is 3.30. The summed E-state index contributed by atoms with van der Waals surface area (Å²) < 4.78 is 5.52. The van der Waals surface area contributed by atoms with E-state index in [1.165, 1.54) is 12.1 Å². The van der Waals surface area contributed by atoms with Crippen LogP contribution in [0.5, 0.6) is 0 Å². The second-order valence-corrected chi connectivity index (χ2v) is 4.99. The van der Waals surface area contributed by atoms with Crippen molar-refractivity contribution in [2.45, 2.75) is 19.4 Å². The number of amides is 1. The fourth-order valence-corrected chi connectivity index (χ4v) is 2.48. The molecule has 1 atom stereocenters. The van der Waals surface area contributed by atoms with E-state index in [9.17, 15) is 14.9 Å². The van der Waals surface area contributed by atoms with Crippen LogP contribution < -0.4 is 5.32 Å². The lowest BCUT2D eigenvalue weighted by atomic mass is 10.1. The minimum Gasteiger partial charge on any atom is -0.382 e. The van der Waals surface area contributed by atoms with Gasteiger partial charge in [0.25, 0.3) is 11.6 Å². The molecule has 2 rings (SSSR count). The van der Waals surface area contributed by atoms with Gasteiger partial charge in [-0.2, -0.15) is 0 Å². The fraction of sp³-hybridized carbons (Fsp3) is 0.500. The van der Waals surface area contributed by atoms with Gasteiger partial charge in [-0.15, -0.1) is 0 Å². The van der Waals surface area contributed by atoms with Gasteiger partial charge in [-0.3, -0.25) is 14.9 Å². The molecule has 1 aliphatic heterocycles. The molecule has 1 saturated heterocycles. The first kappa shape index (κ1) is 15.2. The first-order chi connectivity index (χ1) is 10.0. The third-order valence-corrected chi connectivity index (χ3v) is 3.46. The van der Waals surface area contributed by atoms with Gasteiger partial charge in [-0.1, -0.05) is 6.07 Å². The van der Waals surface area contributed by atoms with Gasteiger partial charge < -0.3 is 15.0 Å². The molecule has 21 heavy (non-hydrogen) atoms. The van der Waals surface area contributed by atoms with Crippen molar-refractivity contribution in [1.29, 1.82) is 0 Å². The molecule has 114 valence electrons. The van der Waals surface area contributed by atoms with Crippen LogP contribution in [0.3, 0.4) is 0 Å². The predicted octanol–water partition coefficient (Wildman–Crippen LogP) is 1.89. The van der Waals surface area contributed by atoms with Crippen LogP contribution in [0.15, 0.2) is 18.2 Å². The number of nitro groups is 1. The summed E-state index contributed by atoms with van der Waals surface area (Å²) in [6.07, 6.45) is 0.730. The Labute approximate surface area is 123 Å². The zero-order chi connectivity index (χ0) is 15.4. The van der Waals surface area contributed by atoms with E-state index >= 15 is 0 Å². The minimum absolute atomic E-state index is 0.0341. The molecule has 1 fully saturated rings. The van der Waals surface area contributed by atoms with Crippen molar-refractivity contribution in [2.24, 2.45) is 0 Å². The van der Waals surface area contributed by atoms with Gasteiger partial charge in [0.2, 0.25) is 0 Å². The first-order valence-electron chi connectivity index (χ1n) is 6.90. The molecule has 1 heterocycles. The number of nitrogens with zero attached hydrogens (tertiary/aromatic N) is 2. The Morgan fingerprint density at radius 3 is 2.95 bits per heavy atom. The van der Waals surface area contributed by atoms with Crippen LogP contribution in [0.4, 0.5) is 11.4 Å². The Balaban J connectivity index is 2.34. The maximum absolute atomic E-state index is 12.7. The number of ether oxygens (including phenoxy) is 1. The highest BCUT2D eigenvalue weighted by atomic mass is 16.6. The molecule has 1 unspecified atom stereocenters. The van der Waals surface area contributed by atoms with Crippen LogP contribution in [-0.4, -0.2) is 48.6 Å². The molecule has 1 aromatic rings. The number of nitro benzene ring substituents is 1. The lowest BCUT2D eigenvalue weighted by Gasteiger charge is -2.23. The smallest absolute Gasteiger partial charge is 0.293 e. The highest BCUT2D eigenvalue weighted by molar-refractivity contribution is 6.01. The summed E-state index contributed by atoms with van der Waals surface area (Å²) in [6.45, 7) is 3.62. The highest BCUT2D eigenvalue weighted by Crippen LogP contribution is 2.29. The van der Waals surface area contributed by atoms with Gasteiger partial charge in [0.15, 0.2) is 0 Å². The van der Waals surface area contributed by atoms with Crippen molar-refractivity contribution in [3.63, 3.8) is 0 Å². The number of rotatable bonds is 3. The second-order valence-electron chi connectivity index (χ2n) is 4.99. The number of anilines is 1. The molecular weight excluding hydrogens is 274 g/mol. The van der Waals surface area contributed by atoms with E-state index in [1.54, 1.807) is 18.0 Å². The topological polar surface area (TPSA) is 84.7 Å². The van der Waals surface area contributed by atoms with Gasteiger partial charge in [-0.25, -0.2) is 0 Å². The molecular formula is C14H19N3O4. The van der Waals surface area contributed by atoms with E-state index < -0.39 is 4.92 Å². The van der Waals surface area contributed by atoms with Crippen molar-refractivity contribution in [2.75, 3.05) is 32.1 Å². The summed E-state index contributed by atoms with van der Waals surface area (Å²) in [5.41, 5.74) is 0.480. The Morgan fingerprint density at radius 2 is 2.29 bits per heavy atom. The molecule has 1 amide bonds. The van der Waals surface area contributed by atoms with Crippen LogP contribution in [0.1, 0.15) is 23.7 Å². The lowest BCUT2D eigenvalue weighted by molar-refractivity contribution is -0.384. The third-order valence-electron chi connectivity index (χ3n) is 3.46. The summed E-state index contributed by atoms with van der Waals surface area (Å²) in [7, 11) is 1.58. The number of nitrogens with one attached hydrogen (secondary N) is 1. The Bertz CT molecular complexity index is 547. The average Bonchev–Trinajstić information content (AvgIpc) is 2.70. The second kappa shape index (κ2) is 6.53. The van der Waals surface area contributed by atoms with Crippen LogP contribution in [0.25, 0.3) is 0 Å². The summed E-state index contributed by atoms with van der Waals surface area (Å²) in [5.74, 6) is -0.208. The number of hydrogen-bond acceptors (Lipinski definition) is 5. The molecule has 0 aromatic heterocycles. The molecule has 0 bridgehead atoms. The maximum atomic E-state index is 12.7. The molecule has 0 aliphatic carbocycles. The molecule has 1 aromatic carbocycles.